The zero-order chi connectivity index (χ0) is 25.3. The van der Waals surface area contributed by atoms with Gasteiger partial charge in [0.1, 0.15) is 18.7 Å². The number of alkyl halides is 3. The van der Waals surface area contributed by atoms with Crippen molar-refractivity contribution in [2.45, 2.75) is 45.1 Å². The fraction of sp³-hybridized carbons (Fsp3) is 0.375. The van der Waals surface area contributed by atoms with E-state index in [4.69, 9.17) is 9.47 Å². The molecule has 10 heteroatoms. The average molecular weight is 480 g/mol. The van der Waals surface area contributed by atoms with Crippen molar-refractivity contribution in [1.82, 2.24) is 10.6 Å². The van der Waals surface area contributed by atoms with Gasteiger partial charge in [-0.05, 0) is 29.2 Å². The number of hydrogen-bond acceptors (Lipinski definition) is 5. The summed E-state index contributed by atoms with van der Waals surface area (Å²) < 4.78 is 48.2. The fourth-order valence-corrected chi connectivity index (χ4v) is 3.09. The highest BCUT2D eigenvalue weighted by Crippen LogP contribution is 2.29. The largest absolute Gasteiger partial charge is 0.467 e. The predicted octanol–water partition coefficient (Wildman–Crippen LogP) is 3.86. The number of alkyl carbamates (subject to hydrolysis) is 1. The van der Waals surface area contributed by atoms with Crippen LogP contribution in [0, 0.1) is 5.92 Å². The van der Waals surface area contributed by atoms with Gasteiger partial charge in [-0.2, -0.15) is 13.2 Å². The van der Waals surface area contributed by atoms with Crippen molar-refractivity contribution in [2.24, 2.45) is 5.92 Å². The molecule has 0 radical (unpaired) electrons. The number of halogens is 3. The van der Waals surface area contributed by atoms with Gasteiger partial charge >= 0.3 is 18.2 Å². The molecule has 2 rings (SSSR count). The predicted molar refractivity (Wildman–Crippen MR) is 117 cm³/mol. The molecule has 0 bridgehead atoms. The summed E-state index contributed by atoms with van der Waals surface area (Å²) in [4.78, 5) is 37.3. The number of nitrogens with one attached hydrogen (secondary N) is 2. The van der Waals surface area contributed by atoms with Crippen LogP contribution in [0.15, 0.2) is 54.6 Å². The number of esters is 1. The van der Waals surface area contributed by atoms with E-state index >= 15 is 0 Å². The van der Waals surface area contributed by atoms with E-state index in [2.05, 4.69) is 10.6 Å². The summed E-state index contributed by atoms with van der Waals surface area (Å²) in [5, 5.41) is 5.00. The molecule has 0 aromatic heterocycles. The molecule has 0 fully saturated rings. The van der Waals surface area contributed by atoms with Gasteiger partial charge < -0.3 is 20.1 Å². The van der Waals surface area contributed by atoms with Crippen LogP contribution >= 0.6 is 0 Å². The third-order valence-electron chi connectivity index (χ3n) is 4.96. The normalized spacial score (nSPS) is 13.0. The summed E-state index contributed by atoms with van der Waals surface area (Å²) in [5.41, 5.74) is 0.332. The molecule has 0 saturated heterocycles. The Labute approximate surface area is 195 Å². The highest BCUT2D eigenvalue weighted by molar-refractivity contribution is 5.90. The van der Waals surface area contributed by atoms with Crippen molar-refractivity contribution in [2.75, 3.05) is 7.11 Å². The van der Waals surface area contributed by atoms with Crippen molar-refractivity contribution < 1.29 is 37.0 Å². The maximum absolute atomic E-state index is 12.9. The highest BCUT2D eigenvalue weighted by Gasteiger charge is 2.32. The summed E-state index contributed by atoms with van der Waals surface area (Å²) in [6, 6.07) is 11.0. The van der Waals surface area contributed by atoms with Gasteiger partial charge in [0, 0.05) is 6.42 Å². The summed E-state index contributed by atoms with van der Waals surface area (Å²) >= 11 is 0. The number of amides is 2. The lowest BCUT2D eigenvalue weighted by Gasteiger charge is -2.24. The number of hydrogen-bond donors (Lipinski definition) is 2. The van der Waals surface area contributed by atoms with Crippen molar-refractivity contribution in [1.29, 1.82) is 0 Å². The quantitative estimate of drug-likeness (QED) is 0.532. The van der Waals surface area contributed by atoms with Crippen molar-refractivity contribution in [3.05, 3.63) is 71.3 Å². The molecule has 2 aromatic rings. The van der Waals surface area contributed by atoms with Crippen LogP contribution < -0.4 is 10.6 Å². The van der Waals surface area contributed by atoms with Crippen molar-refractivity contribution >= 4 is 18.0 Å². The number of benzene rings is 2. The van der Waals surface area contributed by atoms with Gasteiger partial charge in [-0.25, -0.2) is 9.59 Å². The summed E-state index contributed by atoms with van der Waals surface area (Å²) in [7, 11) is 1.13. The van der Waals surface area contributed by atoms with E-state index in [9.17, 15) is 27.6 Å². The molecule has 2 N–H and O–H groups in total. The van der Waals surface area contributed by atoms with Crippen LogP contribution in [0.5, 0.6) is 0 Å². The molecule has 34 heavy (non-hydrogen) atoms. The van der Waals surface area contributed by atoms with Crippen LogP contribution in [0.25, 0.3) is 0 Å². The second-order valence-electron chi connectivity index (χ2n) is 7.91. The molecule has 0 aliphatic heterocycles. The molecule has 2 atom stereocenters. The lowest BCUT2D eigenvalue weighted by molar-refractivity contribution is -0.145. The van der Waals surface area contributed by atoms with Crippen LogP contribution in [0.4, 0.5) is 18.0 Å². The average Bonchev–Trinajstić information content (AvgIpc) is 2.80. The van der Waals surface area contributed by atoms with Gasteiger partial charge in [0.15, 0.2) is 0 Å². The first kappa shape index (κ1) is 26.7. The first-order valence-electron chi connectivity index (χ1n) is 10.5. The Morgan fingerprint density at radius 2 is 1.53 bits per heavy atom. The molecule has 7 nitrogen and oxygen atoms in total. The number of rotatable bonds is 9. The Bertz CT molecular complexity index is 963. The summed E-state index contributed by atoms with van der Waals surface area (Å²) in [6.07, 6.45) is -5.39. The Hall–Kier alpha value is -3.56. The van der Waals surface area contributed by atoms with Gasteiger partial charge in [-0.15, -0.1) is 0 Å². The van der Waals surface area contributed by atoms with E-state index in [1.54, 1.807) is 38.1 Å². The minimum absolute atomic E-state index is 0.0117. The lowest BCUT2D eigenvalue weighted by Crippen LogP contribution is -2.54. The Morgan fingerprint density at radius 1 is 0.912 bits per heavy atom. The maximum atomic E-state index is 12.9. The van der Waals surface area contributed by atoms with Crippen LogP contribution in [0.3, 0.4) is 0 Å². The highest BCUT2D eigenvalue weighted by atomic mass is 19.4. The number of carbonyl (C=O) groups is 3. The van der Waals surface area contributed by atoms with E-state index in [0.717, 1.165) is 24.8 Å². The third-order valence-corrected chi connectivity index (χ3v) is 4.96. The fourth-order valence-electron chi connectivity index (χ4n) is 3.09. The summed E-state index contributed by atoms with van der Waals surface area (Å²) in [6.45, 7) is 3.41. The molecule has 0 heterocycles. The molecular weight excluding hydrogens is 453 g/mol. The zero-order valence-electron chi connectivity index (χ0n) is 19.0. The van der Waals surface area contributed by atoms with E-state index < -0.39 is 41.8 Å². The molecule has 2 aromatic carbocycles. The zero-order valence-corrected chi connectivity index (χ0v) is 19.0. The van der Waals surface area contributed by atoms with E-state index in [1.165, 1.54) is 12.1 Å². The summed E-state index contributed by atoms with van der Waals surface area (Å²) in [5.74, 6) is -1.79. The van der Waals surface area contributed by atoms with Crippen molar-refractivity contribution in [3.8, 4) is 0 Å². The first-order chi connectivity index (χ1) is 16.0. The molecule has 0 unspecified atom stereocenters. The van der Waals surface area contributed by atoms with Gasteiger partial charge in [0.2, 0.25) is 5.91 Å². The topological polar surface area (TPSA) is 93.7 Å². The SMILES string of the molecule is COC(=O)[C@@H](Cc1ccc(C(F)(F)F)cc1)NC(=O)[C@@H](NC(=O)OCc1ccccc1)C(C)C. The number of carbonyl (C=O) groups excluding carboxylic acids is 3. The standard InChI is InChI=1S/C24H27F3N2O5/c1-15(2)20(29-23(32)34-14-17-7-5-4-6-8-17)21(30)28-19(22(31)33-3)13-16-9-11-18(12-10-16)24(25,26)27/h4-12,15,19-20H,13-14H2,1-3H3,(H,28,30)(H,29,32)/t19-,20+/m1/s1. The maximum Gasteiger partial charge on any atom is 0.416 e. The lowest BCUT2D eigenvalue weighted by atomic mass is 10.0. The molecule has 0 aliphatic rings. The minimum Gasteiger partial charge on any atom is -0.467 e. The van der Waals surface area contributed by atoms with Gasteiger partial charge in [-0.1, -0.05) is 56.3 Å². The molecule has 0 spiro atoms. The Morgan fingerprint density at radius 3 is 2.06 bits per heavy atom. The molecule has 184 valence electrons. The number of methoxy groups -OCH3 is 1. The molecule has 2 amide bonds. The van der Waals surface area contributed by atoms with E-state index in [1.807, 2.05) is 6.07 Å². The number of ether oxygens (including phenoxy) is 2. The van der Waals surface area contributed by atoms with E-state index in [0.29, 0.717) is 5.56 Å². The van der Waals surface area contributed by atoms with Crippen LogP contribution in [-0.2, 0) is 38.3 Å². The second-order valence-corrected chi connectivity index (χ2v) is 7.91. The van der Waals surface area contributed by atoms with Crippen molar-refractivity contribution in [3.63, 3.8) is 0 Å². The van der Waals surface area contributed by atoms with Gasteiger partial charge in [-0.3, -0.25) is 4.79 Å². The first-order valence-corrected chi connectivity index (χ1v) is 10.5. The van der Waals surface area contributed by atoms with Gasteiger partial charge in [0.05, 0.1) is 12.7 Å². The smallest absolute Gasteiger partial charge is 0.416 e. The Kier molecular flexibility index (Phi) is 9.47. The van der Waals surface area contributed by atoms with E-state index in [-0.39, 0.29) is 18.9 Å². The van der Waals surface area contributed by atoms with Crippen LogP contribution in [-0.4, -0.2) is 37.2 Å². The molecular formula is C24H27F3N2O5. The molecule has 0 aliphatic carbocycles. The van der Waals surface area contributed by atoms with Crippen LogP contribution in [0.1, 0.15) is 30.5 Å². The minimum atomic E-state index is -4.49. The monoisotopic (exact) mass is 480 g/mol. The Balaban J connectivity index is 2.04. The third kappa shape index (κ3) is 8.09. The van der Waals surface area contributed by atoms with Crippen LogP contribution in [0.2, 0.25) is 0 Å². The molecule has 0 saturated carbocycles. The second kappa shape index (κ2) is 12.1. The van der Waals surface area contributed by atoms with Gasteiger partial charge in [0.25, 0.3) is 0 Å².